The molecule has 4 aromatic rings. The lowest BCUT2D eigenvalue weighted by atomic mass is 10.2. The number of nitrogens with zero attached hydrogens (tertiary/aromatic N) is 6. The highest BCUT2D eigenvalue weighted by Gasteiger charge is 2.23. The van der Waals surface area contributed by atoms with Gasteiger partial charge in [0.2, 0.25) is 0 Å². The van der Waals surface area contributed by atoms with Gasteiger partial charge in [-0.15, -0.1) is 0 Å². The number of hydrogen-bond acceptors (Lipinski definition) is 5. The Kier molecular flexibility index (Phi) is 6.56. The maximum Gasteiger partial charge on any atom is 0.332 e. The molecule has 3 heterocycles. The van der Waals surface area contributed by atoms with E-state index in [1.165, 1.54) is 17.7 Å². The van der Waals surface area contributed by atoms with Crippen molar-refractivity contribution < 1.29 is 4.39 Å². The van der Waals surface area contributed by atoms with Crippen LogP contribution in [0.5, 0.6) is 0 Å². The Labute approximate surface area is 208 Å². The van der Waals surface area contributed by atoms with Gasteiger partial charge in [-0.2, -0.15) is 0 Å². The number of halogens is 1. The van der Waals surface area contributed by atoms with Crippen molar-refractivity contribution >= 4 is 22.9 Å². The minimum atomic E-state index is -0.401. The normalized spacial score (nSPS) is 14.8. The quantitative estimate of drug-likeness (QED) is 0.418. The number of anilines is 1. The van der Waals surface area contributed by atoms with Crippen molar-refractivity contribution in [3.05, 3.63) is 98.7 Å². The number of rotatable bonds is 6. The molecule has 0 bridgehead atoms. The number of fused-ring (bicyclic) bond motifs is 1. The number of benzene rings is 2. The van der Waals surface area contributed by atoms with E-state index >= 15 is 0 Å². The van der Waals surface area contributed by atoms with E-state index in [1.807, 2.05) is 53.1 Å². The van der Waals surface area contributed by atoms with Crippen molar-refractivity contribution in [3.8, 4) is 0 Å². The highest BCUT2D eigenvalue weighted by Crippen LogP contribution is 2.21. The van der Waals surface area contributed by atoms with Crippen LogP contribution in [0, 0.1) is 5.82 Å². The van der Waals surface area contributed by atoms with Gasteiger partial charge in [0, 0.05) is 46.8 Å². The van der Waals surface area contributed by atoms with Gasteiger partial charge in [-0.05, 0) is 17.7 Å². The number of aryl methyl sites for hydroxylation is 1. The van der Waals surface area contributed by atoms with E-state index in [4.69, 9.17) is 4.98 Å². The lowest BCUT2D eigenvalue weighted by Crippen LogP contribution is -2.46. The number of aromatic nitrogens is 4. The minimum absolute atomic E-state index is 0.213. The molecule has 1 aliphatic rings. The molecule has 2 aromatic heterocycles. The first-order chi connectivity index (χ1) is 17.4. The first-order valence-electron chi connectivity index (χ1n) is 12.0. The third-order valence-electron chi connectivity index (χ3n) is 6.76. The molecule has 36 heavy (non-hydrogen) atoms. The molecule has 0 N–H and O–H groups in total. The molecule has 8 nitrogen and oxygen atoms in total. The summed E-state index contributed by atoms with van der Waals surface area (Å²) in [6, 6.07) is 16.8. The monoisotopic (exact) mass is 488 g/mol. The predicted octanol–water partition coefficient (Wildman–Crippen LogP) is 2.61. The van der Waals surface area contributed by atoms with E-state index in [2.05, 4.69) is 9.80 Å². The van der Waals surface area contributed by atoms with Crippen molar-refractivity contribution in [2.75, 3.05) is 31.1 Å². The summed E-state index contributed by atoms with van der Waals surface area (Å²) >= 11 is 0. The van der Waals surface area contributed by atoms with Crippen LogP contribution in [0.15, 0.2) is 70.3 Å². The van der Waals surface area contributed by atoms with Gasteiger partial charge < -0.3 is 9.47 Å². The van der Waals surface area contributed by atoms with Crippen LogP contribution in [0.4, 0.5) is 10.1 Å². The molecule has 186 valence electrons. The van der Waals surface area contributed by atoms with Crippen LogP contribution in [0.1, 0.15) is 11.4 Å². The first kappa shape index (κ1) is 23.7. The molecule has 9 heteroatoms. The summed E-state index contributed by atoms with van der Waals surface area (Å²) < 4.78 is 18.7. The third-order valence-corrected chi connectivity index (χ3v) is 6.76. The average molecular weight is 489 g/mol. The molecule has 0 unspecified atom stereocenters. The topological polar surface area (TPSA) is 68.3 Å². The molecule has 0 atom stereocenters. The highest BCUT2D eigenvalue weighted by atomic mass is 19.1. The standard InChI is InChI=1S/C27H29FN6O2/c1-30-25-24(26(35)31(2)27(30)36)34(14-8-11-20-9-4-3-5-10-20)23(29-25)19-32-15-17-33(18-16-32)22-13-7-6-12-21(22)28/h3-13H,14-19H2,1-2H3/b11-8+. The van der Waals surface area contributed by atoms with Crippen LogP contribution in [-0.4, -0.2) is 49.8 Å². The first-order valence-corrected chi connectivity index (χ1v) is 12.0. The van der Waals surface area contributed by atoms with Gasteiger partial charge in [-0.1, -0.05) is 54.6 Å². The molecule has 1 aliphatic heterocycles. The Morgan fingerprint density at radius 3 is 2.33 bits per heavy atom. The van der Waals surface area contributed by atoms with E-state index in [9.17, 15) is 14.0 Å². The smallest absolute Gasteiger partial charge is 0.332 e. The van der Waals surface area contributed by atoms with Gasteiger partial charge in [-0.25, -0.2) is 14.2 Å². The van der Waals surface area contributed by atoms with E-state index in [0.717, 1.165) is 29.0 Å². The molecule has 0 spiro atoms. The van der Waals surface area contributed by atoms with Crippen LogP contribution in [0.3, 0.4) is 0 Å². The van der Waals surface area contributed by atoms with Gasteiger partial charge in [0.15, 0.2) is 11.2 Å². The third kappa shape index (κ3) is 4.49. The van der Waals surface area contributed by atoms with Crippen molar-refractivity contribution in [2.24, 2.45) is 14.1 Å². The zero-order valence-corrected chi connectivity index (χ0v) is 20.5. The van der Waals surface area contributed by atoms with E-state index in [1.54, 1.807) is 19.2 Å². The Balaban J connectivity index is 1.43. The molecular weight excluding hydrogens is 459 g/mol. The molecule has 2 aromatic carbocycles. The number of piperazine rings is 1. The molecule has 1 saturated heterocycles. The Hall–Kier alpha value is -3.98. The molecule has 1 fully saturated rings. The van der Waals surface area contributed by atoms with Gasteiger partial charge >= 0.3 is 5.69 Å². The summed E-state index contributed by atoms with van der Waals surface area (Å²) in [5, 5.41) is 0. The highest BCUT2D eigenvalue weighted by molar-refractivity contribution is 5.71. The molecule has 5 rings (SSSR count). The van der Waals surface area contributed by atoms with Crippen molar-refractivity contribution in [1.29, 1.82) is 0 Å². The van der Waals surface area contributed by atoms with Crippen LogP contribution in [0.25, 0.3) is 17.2 Å². The van der Waals surface area contributed by atoms with E-state index < -0.39 is 5.69 Å². The Morgan fingerprint density at radius 2 is 1.61 bits per heavy atom. The maximum absolute atomic E-state index is 14.2. The van der Waals surface area contributed by atoms with Crippen molar-refractivity contribution in [1.82, 2.24) is 23.6 Å². The molecule has 0 radical (unpaired) electrons. The molecular formula is C27H29FN6O2. The molecule has 0 amide bonds. The largest absolute Gasteiger partial charge is 0.367 e. The van der Waals surface area contributed by atoms with Crippen LogP contribution in [0.2, 0.25) is 0 Å². The second-order valence-electron chi connectivity index (χ2n) is 9.04. The molecule has 0 aliphatic carbocycles. The van der Waals surface area contributed by atoms with Gasteiger partial charge in [0.05, 0.1) is 12.2 Å². The number of imidazole rings is 1. The van der Waals surface area contributed by atoms with Crippen molar-refractivity contribution in [2.45, 2.75) is 13.1 Å². The lowest BCUT2D eigenvalue weighted by Gasteiger charge is -2.36. The SMILES string of the molecule is Cn1c(=O)c2c(nc(CN3CCN(c4ccccc4F)CC3)n2C/C=C/c2ccccc2)n(C)c1=O. The van der Waals surface area contributed by atoms with E-state index in [0.29, 0.717) is 43.0 Å². The maximum atomic E-state index is 14.2. The van der Waals surface area contributed by atoms with Gasteiger partial charge in [0.1, 0.15) is 11.6 Å². The fourth-order valence-electron chi connectivity index (χ4n) is 4.72. The Bertz CT molecular complexity index is 1530. The van der Waals surface area contributed by atoms with Crippen molar-refractivity contribution in [3.63, 3.8) is 0 Å². The summed E-state index contributed by atoms with van der Waals surface area (Å²) in [7, 11) is 3.13. The zero-order chi connectivity index (χ0) is 25.2. The van der Waals surface area contributed by atoms with Crippen LogP contribution < -0.4 is 16.1 Å². The number of hydrogen-bond donors (Lipinski definition) is 0. The zero-order valence-electron chi connectivity index (χ0n) is 20.5. The lowest BCUT2D eigenvalue weighted by molar-refractivity contribution is 0.241. The van der Waals surface area contributed by atoms with Crippen LogP contribution in [-0.2, 0) is 27.2 Å². The summed E-state index contributed by atoms with van der Waals surface area (Å²) in [6.45, 7) is 3.81. The van der Waals surface area contributed by atoms with E-state index in [-0.39, 0.29) is 11.4 Å². The summed E-state index contributed by atoms with van der Waals surface area (Å²) in [4.78, 5) is 34.7. The summed E-state index contributed by atoms with van der Waals surface area (Å²) in [6.07, 6.45) is 4.01. The predicted molar refractivity (Wildman–Crippen MR) is 140 cm³/mol. The number of allylic oxidation sites excluding steroid dienone is 1. The van der Waals surface area contributed by atoms with Gasteiger partial charge in [-0.3, -0.25) is 18.8 Å². The fourth-order valence-corrected chi connectivity index (χ4v) is 4.72. The average Bonchev–Trinajstić information content (AvgIpc) is 3.26. The molecule has 0 saturated carbocycles. The summed E-state index contributed by atoms with van der Waals surface area (Å²) in [5.74, 6) is 0.509. The Morgan fingerprint density at radius 1 is 0.917 bits per heavy atom. The second kappa shape index (κ2) is 9.94. The number of para-hydroxylation sites is 1. The second-order valence-corrected chi connectivity index (χ2v) is 9.04. The summed E-state index contributed by atoms with van der Waals surface area (Å²) in [5.41, 5.74) is 1.72. The fraction of sp³-hybridized carbons (Fsp3) is 0.296. The van der Waals surface area contributed by atoms with Crippen LogP contribution >= 0.6 is 0 Å². The van der Waals surface area contributed by atoms with Gasteiger partial charge in [0.25, 0.3) is 5.56 Å². The minimum Gasteiger partial charge on any atom is -0.367 e.